The average Bonchev–Trinajstić information content (AvgIpc) is 2.14. The van der Waals surface area contributed by atoms with Crippen molar-refractivity contribution in [2.45, 2.75) is 32.2 Å². The summed E-state index contributed by atoms with van der Waals surface area (Å²) in [4.78, 5) is 11.2. The lowest BCUT2D eigenvalue weighted by molar-refractivity contribution is -0.121. The minimum Gasteiger partial charge on any atom is -0.352 e. The van der Waals surface area contributed by atoms with Crippen LogP contribution >= 0.6 is 11.8 Å². The highest BCUT2D eigenvalue weighted by atomic mass is 32.2. The molecule has 0 bridgehead atoms. The van der Waals surface area contributed by atoms with Crippen LogP contribution in [-0.2, 0) is 4.79 Å². The van der Waals surface area contributed by atoms with Gasteiger partial charge in [0.15, 0.2) is 0 Å². The molecule has 4 heteroatoms. The molecule has 0 aliphatic rings. The van der Waals surface area contributed by atoms with Gasteiger partial charge >= 0.3 is 0 Å². The van der Waals surface area contributed by atoms with E-state index in [9.17, 15) is 4.79 Å². The Bertz CT molecular complexity index is 189. The molecule has 3 nitrogen and oxygen atoms in total. The molecule has 0 saturated carbocycles. The van der Waals surface area contributed by atoms with E-state index >= 15 is 0 Å². The molecule has 0 aromatic carbocycles. The van der Waals surface area contributed by atoms with Crippen LogP contribution in [0.3, 0.4) is 0 Å². The van der Waals surface area contributed by atoms with E-state index in [1.165, 1.54) is 0 Å². The Morgan fingerprint density at radius 2 is 2.38 bits per heavy atom. The van der Waals surface area contributed by atoms with Gasteiger partial charge in [0.2, 0.25) is 5.91 Å². The van der Waals surface area contributed by atoms with Gasteiger partial charge in [0.05, 0.1) is 12.5 Å². The molecule has 0 aromatic rings. The van der Waals surface area contributed by atoms with Crippen molar-refractivity contribution in [1.82, 2.24) is 5.32 Å². The van der Waals surface area contributed by atoms with Crippen molar-refractivity contribution in [3.8, 4) is 6.07 Å². The van der Waals surface area contributed by atoms with E-state index in [-0.39, 0.29) is 11.9 Å². The SMILES string of the molecule is CCC(CC#N)NC(=O)CCSC. The number of nitriles is 1. The van der Waals surface area contributed by atoms with Gasteiger partial charge in [-0.05, 0) is 12.7 Å². The van der Waals surface area contributed by atoms with E-state index in [4.69, 9.17) is 5.26 Å². The number of amides is 1. The second-order valence-corrected chi connectivity index (χ2v) is 3.76. The fourth-order valence-corrected chi connectivity index (χ4v) is 1.29. The summed E-state index contributed by atoms with van der Waals surface area (Å²) in [5.41, 5.74) is 0. The summed E-state index contributed by atoms with van der Waals surface area (Å²) >= 11 is 1.65. The van der Waals surface area contributed by atoms with Crippen LogP contribution in [0.25, 0.3) is 0 Å². The van der Waals surface area contributed by atoms with Crippen molar-refractivity contribution in [3.05, 3.63) is 0 Å². The highest BCUT2D eigenvalue weighted by Gasteiger charge is 2.08. The molecule has 13 heavy (non-hydrogen) atoms. The van der Waals surface area contributed by atoms with Crippen molar-refractivity contribution in [1.29, 1.82) is 5.26 Å². The largest absolute Gasteiger partial charge is 0.352 e. The zero-order valence-corrected chi connectivity index (χ0v) is 8.99. The van der Waals surface area contributed by atoms with Gasteiger partial charge in [0, 0.05) is 18.2 Å². The maximum atomic E-state index is 11.2. The Kier molecular flexibility index (Phi) is 7.51. The highest BCUT2D eigenvalue weighted by Crippen LogP contribution is 1.99. The first-order valence-corrected chi connectivity index (χ1v) is 5.79. The standard InChI is InChI=1S/C9H16N2OS/c1-3-8(4-6-10)11-9(12)5-7-13-2/h8H,3-5,7H2,1-2H3,(H,11,12). The summed E-state index contributed by atoms with van der Waals surface area (Å²) in [7, 11) is 0. The minimum absolute atomic E-state index is 0.0272. The Labute approximate surface area is 83.9 Å². The van der Waals surface area contributed by atoms with Gasteiger partial charge in [-0.1, -0.05) is 6.92 Å². The lowest BCUT2D eigenvalue weighted by Crippen LogP contribution is -2.34. The number of thioether (sulfide) groups is 1. The number of nitrogens with one attached hydrogen (secondary N) is 1. The van der Waals surface area contributed by atoms with Crippen LogP contribution < -0.4 is 5.32 Å². The van der Waals surface area contributed by atoms with Gasteiger partial charge in [-0.2, -0.15) is 17.0 Å². The number of hydrogen-bond donors (Lipinski definition) is 1. The Hall–Kier alpha value is -0.690. The van der Waals surface area contributed by atoms with E-state index in [0.29, 0.717) is 12.8 Å². The molecule has 0 aliphatic heterocycles. The number of hydrogen-bond acceptors (Lipinski definition) is 3. The van der Waals surface area contributed by atoms with Gasteiger partial charge in [-0.25, -0.2) is 0 Å². The van der Waals surface area contributed by atoms with E-state index in [1.807, 2.05) is 13.2 Å². The zero-order chi connectivity index (χ0) is 10.1. The Morgan fingerprint density at radius 3 is 2.85 bits per heavy atom. The summed E-state index contributed by atoms with van der Waals surface area (Å²) < 4.78 is 0. The molecule has 1 N–H and O–H groups in total. The third-order valence-electron chi connectivity index (χ3n) is 1.73. The first-order chi connectivity index (χ1) is 6.24. The number of nitrogens with zero attached hydrogens (tertiary/aromatic N) is 1. The van der Waals surface area contributed by atoms with Gasteiger partial charge in [-0.15, -0.1) is 0 Å². The van der Waals surface area contributed by atoms with Crippen LogP contribution in [0.15, 0.2) is 0 Å². The van der Waals surface area contributed by atoms with Crippen LogP contribution in [0.2, 0.25) is 0 Å². The topological polar surface area (TPSA) is 52.9 Å². The van der Waals surface area contributed by atoms with Gasteiger partial charge in [0.25, 0.3) is 0 Å². The van der Waals surface area contributed by atoms with Crippen molar-refractivity contribution in [2.24, 2.45) is 0 Å². The molecule has 1 atom stereocenters. The van der Waals surface area contributed by atoms with Gasteiger partial charge < -0.3 is 5.32 Å². The predicted octanol–water partition coefficient (Wildman–Crippen LogP) is 1.55. The van der Waals surface area contributed by atoms with Crippen LogP contribution in [0.1, 0.15) is 26.2 Å². The molecule has 0 rings (SSSR count). The molecular formula is C9H16N2OS. The normalized spacial score (nSPS) is 11.8. The molecular weight excluding hydrogens is 184 g/mol. The van der Waals surface area contributed by atoms with E-state index in [2.05, 4.69) is 11.4 Å². The van der Waals surface area contributed by atoms with Crippen LogP contribution in [0.5, 0.6) is 0 Å². The van der Waals surface area contributed by atoms with Crippen LogP contribution in [0, 0.1) is 11.3 Å². The molecule has 0 fully saturated rings. The van der Waals surface area contributed by atoms with Crippen molar-refractivity contribution < 1.29 is 4.79 Å². The summed E-state index contributed by atoms with van der Waals surface area (Å²) in [5, 5.41) is 11.3. The molecule has 1 amide bonds. The molecule has 0 heterocycles. The predicted molar refractivity (Wildman–Crippen MR) is 55.5 cm³/mol. The van der Waals surface area contributed by atoms with Crippen LogP contribution in [-0.4, -0.2) is 24.0 Å². The quantitative estimate of drug-likeness (QED) is 0.707. The maximum Gasteiger partial charge on any atom is 0.221 e. The Morgan fingerprint density at radius 1 is 1.69 bits per heavy atom. The summed E-state index contributed by atoms with van der Waals surface area (Å²) in [6.07, 6.45) is 3.74. The maximum absolute atomic E-state index is 11.2. The zero-order valence-electron chi connectivity index (χ0n) is 8.17. The molecule has 74 valence electrons. The lowest BCUT2D eigenvalue weighted by Gasteiger charge is -2.12. The van der Waals surface area contributed by atoms with E-state index in [1.54, 1.807) is 11.8 Å². The number of rotatable bonds is 6. The van der Waals surface area contributed by atoms with Gasteiger partial charge in [0.1, 0.15) is 0 Å². The first kappa shape index (κ1) is 12.3. The molecule has 0 radical (unpaired) electrons. The third-order valence-corrected chi connectivity index (χ3v) is 2.34. The van der Waals surface area contributed by atoms with E-state index < -0.39 is 0 Å². The van der Waals surface area contributed by atoms with Crippen molar-refractivity contribution >= 4 is 17.7 Å². The Balaban J connectivity index is 3.67. The third kappa shape index (κ3) is 6.47. The monoisotopic (exact) mass is 200 g/mol. The lowest BCUT2D eigenvalue weighted by atomic mass is 10.1. The summed E-state index contributed by atoms with van der Waals surface area (Å²) in [5.74, 6) is 0.894. The molecule has 0 aliphatic carbocycles. The smallest absolute Gasteiger partial charge is 0.221 e. The average molecular weight is 200 g/mol. The minimum atomic E-state index is 0.0272. The van der Waals surface area contributed by atoms with Gasteiger partial charge in [-0.3, -0.25) is 4.79 Å². The molecule has 0 saturated heterocycles. The number of carbonyl (C=O) groups is 1. The molecule has 0 spiro atoms. The molecule has 0 aromatic heterocycles. The number of carbonyl (C=O) groups excluding carboxylic acids is 1. The second-order valence-electron chi connectivity index (χ2n) is 2.78. The summed E-state index contributed by atoms with van der Waals surface area (Å²) in [6, 6.07) is 2.09. The summed E-state index contributed by atoms with van der Waals surface area (Å²) in [6.45, 7) is 1.97. The van der Waals surface area contributed by atoms with Crippen molar-refractivity contribution in [3.63, 3.8) is 0 Å². The second kappa shape index (κ2) is 7.93. The highest BCUT2D eigenvalue weighted by molar-refractivity contribution is 7.98. The fourth-order valence-electron chi connectivity index (χ4n) is 0.902. The van der Waals surface area contributed by atoms with Crippen LogP contribution in [0.4, 0.5) is 0 Å². The van der Waals surface area contributed by atoms with Crippen molar-refractivity contribution in [2.75, 3.05) is 12.0 Å². The first-order valence-electron chi connectivity index (χ1n) is 4.39. The fraction of sp³-hybridized carbons (Fsp3) is 0.778. The molecule has 1 unspecified atom stereocenters. The van der Waals surface area contributed by atoms with E-state index in [0.717, 1.165) is 12.2 Å².